The Balaban J connectivity index is 1.47. The van der Waals surface area contributed by atoms with Crippen molar-refractivity contribution >= 4 is 17.8 Å². The summed E-state index contributed by atoms with van der Waals surface area (Å²) in [4.78, 5) is 31.3. The lowest BCUT2D eigenvalue weighted by atomic mass is 9.95. The van der Waals surface area contributed by atoms with E-state index in [9.17, 15) is 9.59 Å². The molecule has 1 fully saturated rings. The van der Waals surface area contributed by atoms with Gasteiger partial charge in [-0.3, -0.25) is 4.79 Å². The molecule has 0 unspecified atom stereocenters. The Labute approximate surface area is 167 Å². The highest BCUT2D eigenvalue weighted by molar-refractivity contribution is 5.95. The number of carbonyl (C=O) groups excluding carboxylic acids is 1. The third-order valence-electron chi connectivity index (χ3n) is 5.31. The molecule has 1 aliphatic heterocycles. The molecule has 1 spiro atoms. The van der Waals surface area contributed by atoms with Crippen molar-refractivity contribution in [1.82, 2.24) is 15.3 Å². The monoisotopic (exact) mass is 398 g/mol. The Hall–Kier alpha value is -3.36. The fraction of sp³-hybridized carbons (Fsp3) is 0.400. The van der Waals surface area contributed by atoms with E-state index in [1.807, 2.05) is 19.1 Å². The van der Waals surface area contributed by atoms with Crippen LogP contribution in [0.15, 0.2) is 24.5 Å². The number of hydrogen-bond acceptors (Lipinski definition) is 6. The van der Waals surface area contributed by atoms with E-state index in [0.29, 0.717) is 24.7 Å². The Morgan fingerprint density at radius 2 is 2.10 bits per heavy atom. The third kappa shape index (κ3) is 3.67. The van der Waals surface area contributed by atoms with Crippen LogP contribution in [0.25, 0.3) is 0 Å². The maximum atomic E-state index is 12.1. The van der Waals surface area contributed by atoms with E-state index in [1.165, 1.54) is 12.4 Å². The van der Waals surface area contributed by atoms with Gasteiger partial charge >= 0.3 is 6.09 Å². The van der Waals surface area contributed by atoms with Crippen LogP contribution in [0, 0.1) is 6.92 Å². The SMILES string of the molecule is CC[C@H](NC(=O)O)C(=O)Nc1cnc(Oc2ccc(C)c3c2C2(CC2)CO3)cn1. The summed E-state index contributed by atoms with van der Waals surface area (Å²) in [6, 6.07) is 3.01. The lowest BCUT2D eigenvalue weighted by Gasteiger charge is -2.15. The van der Waals surface area contributed by atoms with Crippen molar-refractivity contribution in [2.75, 3.05) is 11.9 Å². The number of rotatable bonds is 6. The Morgan fingerprint density at radius 3 is 2.72 bits per heavy atom. The van der Waals surface area contributed by atoms with Gasteiger partial charge < -0.3 is 25.2 Å². The summed E-state index contributed by atoms with van der Waals surface area (Å²) >= 11 is 0. The molecule has 1 atom stereocenters. The number of carbonyl (C=O) groups is 2. The second-order valence-electron chi connectivity index (χ2n) is 7.40. The minimum Gasteiger partial charge on any atom is -0.492 e. The highest BCUT2D eigenvalue weighted by Gasteiger charge is 2.53. The number of benzene rings is 1. The second-order valence-corrected chi connectivity index (χ2v) is 7.40. The molecule has 3 N–H and O–H groups in total. The van der Waals surface area contributed by atoms with E-state index in [0.717, 1.165) is 29.7 Å². The first-order chi connectivity index (χ1) is 13.9. The van der Waals surface area contributed by atoms with E-state index < -0.39 is 18.0 Å². The van der Waals surface area contributed by atoms with Crippen LogP contribution in [0.5, 0.6) is 17.4 Å². The maximum Gasteiger partial charge on any atom is 0.405 e. The Morgan fingerprint density at radius 1 is 1.31 bits per heavy atom. The molecule has 1 saturated carbocycles. The summed E-state index contributed by atoms with van der Waals surface area (Å²) in [6.45, 7) is 4.41. The average molecular weight is 398 g/mol. The molecule has 152 valence electrons. The van der Waals surface area contributed by atoms with Crippen LogP contribution in [0.2, 0.25) is 0 Å². The highest BCUT2D eigenvalue weighted by atomic mass is 16.5. The second kappa shape index (κ2) is 7.23. The van der Waals surface area contributed by atoms with Gasteiger partial charge in [-0.1, -0.05) is 13.0 Å². The smallest absolute Gasteiger partial charge is 0.405 e. The molecule has 9 heteroatoms. The van der Waals surface area contributed by atoms with Crippen LogP contribution in [-0.2, 0) is 10.2 Å². The summed E-state index contributed by atoms with van der Waals surface area (Å²) in [7, 11) is 0. The van der Waals surface area contributed by atoms with Gasteiger partial charge in [-0.15, -0.1) is 0 Å². The van der Waals surface area contributed by atoms with Gasteiger partial charge in [0.05, 0.1) is 19.0 Å². The number of hydrogen-bond donors (Lipinski definition) is 3. The molecule has 0 radical (unpaired) electrons. The number of nitrogens with one attached hydrogen (secondary N) is 2. The summed E-state index contributed by atoms with van der Waals surface area (Å²) in [6.07, 6.45) is 4.01. The molecule has 9 nitrogen and oxygen atoms in total. The highest BCUT2D eigenvalue weighted by Crippen LogP contribution is 2.59. The molecular formula is C20H22N4O5. The largest absolute Gasteiger partial charge is 0.492 e. The molecule has 2 aliphatic rings. The van der Waals surface area contributed by atoms with E-state index in [4.69, 9.17) is 14.6 Å². The summed E-state index contributed by atoms with van der Waals surface area (Å²) in [5.41, 5.74) is 2.24. The first kappa shape index (κ1) is 19.0. The minimum absolute atomic E-state index is 0.0599. The predicted octanol–water partition coefficient (Wildman–Crippen LogP) is 2.99. The number of aromatic nitrogens is 2. The van der Waals surface area contributed by atoms with Crippen LogP contribution in [0.3, 0.4) is 0 Å². The Kier molecular flexibility index (Phi) is 4.73. The van der Waals surface area contributed by atoms with E-state index >= 15 is 0 Å². The molecule has 0 bridgehead atoms. The predicted molar refractivity (Wildman–Crippen MR) is 104 cm³/mol. The molecule has 1 aromatic heterocycles. The molecule has 2 aromatic rings. The molecule has 2 amide bonds. The number of anilines is 1. The normalized spacial score (nSPS) is 16.5. The minimum atomic E-state index is -1.26. The van der Waals surface area contributed by atoms with Crippen molar-refractivity contribution in [3.05, 3.63) is 35.7 Å². The lowest BCUT2D eigenvalue weighted by Crippen LogP contribution is -2.42. The summed E-state index contributed by atoms with van der Waals surface area (Å²) in [5.74, 6) is 1.62. The fourth-order valence-corrected chi connectivity index (χ4v) is 3.53. The standard InChI is InChI=1S/C20H22N4O5/c1-3-12(23-19(26)27)18(25)24-14-8-22-15(9-21-14)29-13-5-4-11(2)17-16(13)20(6-7-20)10-28-17/h4-5,8-9,12,23H,3,6-7,10H2,1-2H3,(H,26,27)(H,21,24,25)/t12-/m0/s1. The van der Waals surface area contributed by atoms with Crippen molar-refractivity contribution in [1.29, 1.82) is 0 Å². The summed E-state index contributed by atoms with van der Waals surface area (Å²) < 4.78 is 11.9. The molecule has 0 saturated heterocycles. The third-order valence-corrected chi connectivity index (χ3v) is 5.31. The van der Waals surface area contributed by atoms with Gasteiger partial charge in [0.2, 0.25) is 11.8 Å². The van der Waals surface area contributed by atoms with Crippen molar-refractivity contribution in [2.24, 2.45) is 0 Å². The van der Waals surface area contributed by atoms with Gasteiger partial charge in [-0.05, 0) is 37.8 Å². The molecule has 4 rings (SSSR count). The molecule has 1 aliphatic carbocycles. The van der Waals surface area contributed by atoms with E-state index in [-0.39, 0.29) is 11.2 Å². The fourth-order valence-electron chi connectivity index (χ4n) is 3.53. The molecular weight excluding hydrogens is 376 g/mol. The Bertz CT molecular complexity index is 956. The number of aryl methyl sites for hydroxylation is 1. The quantitative estimate of drug-likeness (QED) is 0.683. The van der Waals surface area contributed by atoms with Crippen LogP contribution in [0.4, 0.5) is 10.6 Å². The van der Waals surface area contributed by atoms with Gasteiger partial charge in [-0.25, -0.2) is 14.8 Å². The first-order valence-corrected chi connectivity index (χ1v) is 9.49. The van der Waals surface area contributed by atoms with Crippen molar-refractivity contribution in [3.63, 3.8) is 0 Å². The summed E-state index contributed by atoms with van der Waals surface area (Å²) in [5, 5.41) is 13.5. The zero-order chi connectivity index (χ0) is 20.6. The van der Waals surface area contributed by atoms with Crippen molar-refractivity contribution in [3.8, 4) is 17.4 Å². The molecule has 2 heterocycles. The maximum absolute atomic E-state index is 12.1. The number of ether oxygens (including phenoxy) is 2. The van der Waals surface area contributed by atoms with Gasteiger partial charge in [0.1, 0.15) is 17.5 Å². The number of amides is 2. The van der Waals surface area contributed by atoms with Crippen molar-refractivity contribution in [2.45, 2.75) is 44.6 Å². The molecule has 1 aromatic carbocycles. The van der Waals surface area contributed by atoms with Crippen LogP contribution < -0.4 is 20.1 Å². The van der Waals surface area contributed by atoms with Gasteiger partial charge in [-0.2, -0.15) is 0 Å². The number of fused-ring (bicyclic) bond motifs is 2. The van der Waals surface area contributed by atoms with E-state index in [2.05, 4.69) is 20.6 Å². The topological polar surface area (TPSA) is 123 Å². The number of carboxylic acid groups (broad SMARTS) is 1. The molecule has 29 heavy (non-hydrogen) atoms. The zero-order valence-electron chi connectivity index (χ0n) is 16.2. The van der Waals surface area contributed by atoms with Gasteiger partial charge in [0.15, 0.2) is 5.82 Å². The van der Waals surface area contributed by atoms with Crippen molar-refractivity contribution < 1.29 is 24.2 Å². The zero-order valence-corrected chi connectivity index (χ0v) is 16.2. The van der Waals surface area contributed by atoms with E-state index in [1.54, 1.807) is 6.92 Å². The van der Waals surface area contributed by atoms with Crippen LogP contribution in [0.1, 0.15) is 37.3 Å². The number of nitrogens with zero attached hydrogens (tertiary/aromatic N) is 2. The first-order valence-electron chi connectivity index (χ1n) is 9.49. The van der Waals surface area contributed by atoms with Gasteiger partial charge in [0.25, 0.3) is 0 Å². The average Bonchev–Trinajstić information content (AvgIpc) is 3.37. The van der Waals surface area contributed by atoms with Crippen LogP contribution in [-0.4, -0.2) is 39.7 Å². The van der Waals surface area contributed by atoms with Gasteiger partial charge in [0, 0.05) is 11.0 Å². The van der Waals surface area contributed by atoms with Crippen LogP contribution >= 0.6 is 0 Å². The lowest BCUT2D eigenvalue weighted by molar-refractivity contribution is -0.118.